The molecule has 106 valence electrons. The van der Waals surface area contributed by atoms with Crippen LogP contribution in [0, 0.1) is 0 Å². The molecule has 0 aromatic heterocycles. The maximum atomic E-state index is 12.2. The highest BCUT2D eigenvalue weighted by atomic mass is 16.2. The van der Waals surface area contributed by atoms with E-state index in [9.17, 15) is 4.79 Å². The molecule has 0 atom stereocenters. The maximum Gasteiger partial charge on any atom is 0.317 e. The largest absolute Gasteiger partial charge is 0.338 e. The van der Waals surface area contributed by atoms with Crippen LogP contribution in [0.2, 0.25) is 0 Å². The second kappa shape index (κ2) is 7.62. The first-order valence-electron chi connectivity index (χ1n) is 7.38. The van der Waals surface area contributed by atoms with E-state index in [0.717, 1.165) is 32.2 Å². The van der Waals surface area contributed by atoms with E-state index in [2.05, 4.69) is 12.2 Å². The van der Waals surface area contributed by atoms with Gasteiger partial charge in [-0.2, -0.15) is 0 Å². The predicted octanol–water partition coefficient (Wildman–Crippen LogP) is 2.48. The van der Waals surface area contributed by atoms with E-state index in [0.29, 0.717) is 6.54 Å². The average Bonchev–Trinajstić information content (AvgIpc) is 2.64. The quantitative estimate of drug-likeness (QED) is 0.585. The zero-order chi connectivity index (χ0) is 13.4. The number of nitrogens with one attached hydrogen (secondary N) is 1. The molecule has 0 unspecified atom stereocenters. The van der Waals surface area contributed by atoms with E-state index in [1.165, 1.54) is 25.7 Å². The molecule has 18 heavy (non-hydrogen) atoms. The Morgan fingerprint density at radius 1 is 1.28 bits per heavy atom. The summed E-state index contributed by atoms with van der Waals surface area (Å²) < 4.78 is 0. The van der Waals surface area contributed by atoms with Crippen LogP contribution in [0.3, 0.4) is 0 Å². The molecule has 0 radical (unpaired) electrons. The number of urea groups is 1. The summed E-state index contributed by atoms with van der Waals surface area (Å²) >= 11 is 0. The van der Waals surface area contributed by atoms with Crippen molar-refractivity contribution >= 4 is 6.03 Å². The van der Waals surface area contributed by atoms with Crippen molar-refractivity contribution in [2.24, 2.45) is 5.73 Å². The minimum absolute atomic E-state index is 0.0378. The number of likely N-dealkylation sites (N-methyl/N-ethyl adjacent to an activating group) is 1. The van der Waals surface area contributed by atoms with Gasteiger partial charge >= 0.3 is 6.03 Å². The molecule has 1 rings (SSSR count). The summed E-state index contributed by atoms with van der Waals surface area (Å²) in [7, 11) is 1.90. The first-order chi connectivity index (χ1) is 8.66. The fourth-order valence-corrected chi connectivity index (χ4v) is 2.77. The summed E-state index contributed by atoms with van der Waals surface area (Å²) in [6.45, 7) is 3.47. The van der Waals surface area contributed by atoms with Gasteiger partial charge < -0.3 is 16.0 Å². The van der Waals surface area contributed by atoms with Gasteiger partial charge in [-0.05, 0) is 19.3 Å². The Hall–Kier alpha value is -0.770. The normalized spacial score (nSPS) is 19.1. The topological polar surface area (TPSA) is 58.4 Å². The first-order valence-corrected chi connectivity index (χ1v) is 7.38. The Bertz CT molecular complexity index is 247. The van der Waals surface area contributed by atoms with Crippen LogP contribution < -0.4 is 11.1 Å². The third-order valence-corrected chi connectivity index (χ3v) is 4.24. The first kappa shape index (κ1) is 15.3. The summed E-state index contributed by atoms with van der Waals surface area (Å²) in [6, 6.07) is 0.0378. The Balaban J connectivity index is 2.58. The molecule has 0 aliphatic heterocycles. The van der Waals surface area contributed by atoms with Crippen molar-refractivity contribution in [3.8, 4) is 0 Å². The number of amides is 2. The predicted molar refractivity (Wildman–Crippen MR) is 75.6 cm³/mol. The van der Waals surface area contributed by atoms with Crippen LogP contribution in [0.4, 0.5) is 4.79 Å². The lowest BCUT2D eigenvalue weighted by atomic mass is 9.89. The number of carbonyl (C=O) groups excluding carboxylic acids is 1. The van der Waals surface area contributed by atoms with Gasteiger partial charge in [0.15, 0.2) is 0 Å². The van der Waals surface area contributed by atoms with Crippen molar-refractivity contribution in [3.63, 3.8) is 0 Å². The molecule has 0 aromatic rings. The smallest absolute Gasteiger partial charge is 0.317 e. The summed E-state index contributed by atoms with van der Waals surface area (Å²) in [4.78, 5) is 14.0. The molecule has 0 heterocycles. The molecule has 1 fully saturated rings. The lowest BCUT2D eigenvalue weighted by molar-refractivity contribution is 0.124. The third-order valence-electron chi connectivity index (χ3n) is 4.24. The monoisotopic (exact) mass is 255 g/mol. The van der Waals surface area contributed by atoms with Crippen LogP contribution in [0.25, 0.3) is 0 Å². The van der Waals surface area contributed by atoms with E-state index in [1.54, 1.807) is 0 Å². The van der Waals surface area contributed by atoms with Crippen molar-refractivity contribution in [1.29, 1.82) is 0 Å². The molecule has 3 N–H and O–H groups in total. The van der Waals surface area contributed by atoms with Crippen LogP contribution in [0.15, 0.2) is 0 Å². The van der Waals surface area contributed by atoms with Gasteiger partial charge in [-0.15, -0.1) is 0 Å². The van der Waals surface area contributed by atoms with Crippen LogP contribution in [-0.4, -0.2) is 36.6 Å². The standard InChI is InChI=1S/C14H29N3O/c1-3-4-11-16-13(18)17(2)14(12-15)9-7-5-6-8-10-14/h3-12,15H2,1-2H3,(H,16,18). The highest BCUT2D eigenvalue weighted by molar-refractivity contribution is 5.74. The Labute approximate surface area is 111 Å². The number of nitrogens with zero attached hydrogens (tertiary/aromatic N) is 1. The zero-order valence-electron chi connectivity index (χ0n) is 12.0. The fraction of sp³-hybridized carbons (Fsp3) is 0.929. The number of hydrogen-bond donors (Lipinski definition) is 2. The molecule has 4 nitrogen and oxygen atoms in total. The van der Waals surface area contributed by atoms with Crippen LogP contribution >= 0.6 is 0 Å². The summed E-state index contributed by atoms with van der Waals surface area (Å²) in [5.74, 6) is 0. The van der Waals surface area contributed by atoms with E-state index < -0.39 is 0 Å². The van der Waals surface area contributed by atoms with Crippen LogP contribution in [0.1, 0.15) is 58.3 Å². The zero-order valence-corrected chi connectivity index (χ0v) is 12.0. The molecular formula is C14H29N3O. The van der Waals surface area contributed by atoms with Crippen LogP contribution in [0.5, 0.6) is 0 Å². The minimum Gasteiger partial charge on any atom is -0.338 e. The van der Waals surface area contributed by atoms with Gasteiger partial charge in [-0.1, -0.05) is 39.0 Å². The Morgan fingerprint density at radius 2 is 1.89 bits per heavy atom. The Kier molecular flexibility index (Phi) is 6.47. The van der Waals surface area contributed by atoms with Gasteiger partial charge in [0.2, 0.25) is 0 Å². The number of nitrogens with two attached hydrogens (primary N) is 1. The van der Waals surface area contributed by atoms with Crippen LogP contribution in [-0.2, 0) is 0 Å². The lowest BCUT2D eigenvalue weighted by Gasteiger charge is -2.40. The van der Waals surface area contributed by atoms with Gasteiger partial charge in [0.1, 0.15) is 0 Å². The molecule has 0 spiro atoms. The Morgan fingerprint density at radius 3 is 2.39 bits per heavy atom. The number of rotatable bonds is 5. The summed E-state index contributed by atoms with van der Waals surface area (Å²) in [5, 5.41) is 2.99. The molecule has 2 amide bonds. The molecule has 4 heteroatoms. The van der Waals surface area contributed by atoms with Gasteiger partial charge in [0.25, 0.3) is 0 Å². The lowest BCUT2D eigenvalue weighted by Crippen LogP contribution is -2.57. The molecule has 0 bridgehead atoms. The van der Waals surface area contributed by atoms with Gasteiger partial charge in [-0.3, -0.25) is 0 Å². The maximum absolute atomic E-state index is 12.2. The van der Waals surface area contributed by atoms with Gasteiger partial charge in [0, 0.05) is 20.1 Å². The minimum atomic E-state index is -0.118. The number of carbonyl (C=O) groups is 1. The average molecular weight is 255 g/mol. The number of hydrogen-bond acceptors (Lipinski definition) is 2. The number of unbranched alkanes of at least 4 members (excludes halogenated alkanes) is 1. The second-order valence-electron chi connectivity index (χ2n) is 5.49. The van der Waals surface area contributed by atoms with Gasteiger partial charge in [0.05, 0.1) is 5.54 Å². The SMILES string of the molecule is CCCCNC(=O)N(C)C1(CN)CCCCCC1. The van der Waals surface area contributed by atoms with Crippen molar-refractivity contribution in [1.82, 2.24) is 10.2 Å². The molecule has 1 saturated carbocycles. The fourth-order valence-electron chi connectivity index (χ4n) is 2.77. The molecular weight excluding hydrogens is 226 g/mol. The van der Waals surface area contributed by atoms with Crippen molar-refractivity contribution < 1.29 is 4.79 Å². The van der Waals surface area contributed by atoms with Crippen molar-refractivity contribution in [2.75, 3.05) is 20.1 Å². The molecule has 0 saturated heterocycles. The van der Waals surface area contributed by atoms with E-state index in [4.69, 9.17) is 5.73 Å². The highest BCUT2D eigenvalue weighted by Crippen LogP contribution is 2.31. The molecule has 0 aromatic carbocycles. The van der Waals surface area contributed by atoms with E-state index in [1.807, 2.05) is 11.9 Å². The molecule has 1 aliphatic rings. The van der Waals surface area contributed by atoms with Crippen molar-refractivity contribution in [3.05, 3.63) is 0 Å². The van der Waals surface area contributed by atoms with Gasteiger partial charge in [-0.25, -0.2) is 4.79 Å². The highest BCUT2D eigenvalue weighted by Gasteiger charge is 2.36. The van der Waals surface area contributed by atoms with E-state index >= 15 is 0 Å². The summed E-state index contributed by atoms with van der Waals surface area (Å²) in [5.41, 5.74) is 5.86. The second-order valence-corrected chi connectivity index (χ2v) is 5.49. The third kappa shape index (κ3) is 3.87. The summed E-state index contributed by atoms with van der Waals surface area (Å²) in [6.07, 6.45) is 9.14. The van der Waals surface area contributed by atoms with E-state index in [-0.39, 0.29) is 11.6 Å². The molecule has 1 aliphatic carbocycles. The van der Waals surface area contributed by atoms with Crippen molar-refractivity contribution in [2.45, 2.75) is 63.8 Å².